The molecule has 1 fully saturated rings. The molecule has 9 nitrogen and oxygen atoms in total. The van der Waals surface area contributed by atoms with Crippen LogP contribution in [0.25, 0.3) is 22.4 Å². The number of hydrogen-bond acceptors (Lipinski definition) is 8. The van der Waals surface area contributed by atoms with E-state index in [1.807, 2.05) is 26.0 Å². The first-order chi connectivity index (χ1) is 14.0. The second kappa shape index (κ2) is 7.67. The van der Waals surface area contributed by atoms with Crippen molar-refractivity contribution in [1.82, 2.24) is 24.8 Å². The summed E-state index contributed by atoms with van der Waals surface area (Å²) in [6, 6.07) is 7.12. The number of carbonyl (C=O) groups is 1. The van der Waals surface area contributed by atoms with Crippen LogP contribution in [0.1, 0.15) is 31.6 Å². The summed E-state index contributed by atoms with van der Waals surface area (Å²) in [6.07, 6.45) is 1.51. The first-order valence-electron chi connectivity index (χ1n) is 9.75. The van der Waals surface area contributed by atoms with Gasteiger partial charge in [0.25, 0.3) is 0 Å². The van der Waals surface area contributed by atoms with Gasteiger partial charge in [0.1, 0.15) is 29.0 Å². The lowest BCUT2D eigenvalue weighted by atomic mass is 9.99. The third-order valence-electron chi connectivity index (χ3n) is 5.19. The molecule has 0 bridgehead atoms. The fraction of sp³-hybridized carbons (Fsp3) is 0.400. The van der Waals surface area contributed by atoms with Gasteiger partial charge in [0.15, 0.2) is 5.65 Å². The number of nitrogens with two attached hydrogens (primary N) is 2. The Bertz CT molecular complexity index is 1040. The van der Waals surface area contributed by atoms with Crippen molar-refractivity contribution in [2.75, 3.05) is 24.6 Å². The van der Waals surface area contributed by atoms with Crippen LogP contribution in [0, 0.1) is 6.92 Å². The molecule has 0 radical (unpaired) electrons. The lowest BCUT2D eigenvalue weighted by Crippen LogP contribution is -2.45. The van der Waals surface area contributed by atoms with Crippen LogP contribution in [-0.4, -0.2) is 44.7 Å². The molecule has 5 N–H and O–H groups in total. The van der Waals surface area contributed by atoms with E-state index in [9.17, 15) is 4.79 Å². The molecule has 0 aliphatic carbocycles. The van der Waals surface area contributed by atoms with Crippen molar-refractivity contribution in [3.63, 3.8) is 0 Å². The Morgan fingerprint density at radius 3 is 2.72 bits per heavy atom. The monoisotopic (exact) mass is 395 g/mol. The standard InChI is InChI=1S/C20H25N7O2/c1-3-29-20(28)16-10-13(6-7-23-16)27-11(2)24-15-5-4-14(25-19(15)27)12-8-17(21)26-18(22)9-12/h4-5,8-9,13,16,23H,3,6-7,10H2,1-2H3,(H4,21,22,26). The van der Waals surface area contributed by atoms with E-state index in [4.69, 9.17) is 21.2 Å². The van der Waals surface area contributed by atoms with Crippen molar-refractivity contribution in [3.05, 3.63) is 30.1 Å². The predicted octanol–water partition coefficient (Wildman–Crippen LogP) is 1.82. The zero-order chi connectivity index (χ0) is 20.5. The third kappa shape index (κ3) is 3.73. The molecule has 9 heteroatoms. The summed E-state index contributed by atoms with van der Waals surface area (Å²) in [6.45, 7) is 4.88. The number of nitrogens with zero attached hydrogens (tertiary/aromatic N) is 4. The van der Waals surface area contributed by atoms with Crippen LogP contribution < -0.4 is 16.8 Å². The summed E-state index contributed by atoms with van der Waals surface area (Å²) in [7, 11) is 0. The molecule has 0 amide bonds. The minimum atomic E-state index is -0.325. The molecule has 0 spiro atoms. The smallest absolute Gasteiger partial charge is 0.323 e. The number of rotatable bonds is 4. The highest BCUT2D eigenvalue weighted by Crippen LogP contribution is 2.30. The van der Waals surface area contributed by atoms with Gasteiger partial charge in [-0.3, -0.25) is 4.79 Å². The highest BCUT2D eigenvalue weighted by atomic mass is 16.5. The molecule has 1 aliphatic heterocycles. The van der Waals surface area contributed by atoms with E-state index in [-0.39, 0.29) is 18.1 Å². The topological polar surface area (TPSA) is 134 Å². The molecule has 152 valence electrons. The van der Waals surface area contributed by atoms with Crippen LogP contribution in [0.5, 0.6) is 0 Å². The Hall–Kier alpha value is -3.20. The summed E-state index contributed by atoms with van der Waals surface area (Å²) in [5.74, 6) is 1.35. The van der Waals surface area contributed by atoms with Gasteiger partial charge in [0.05, 0.1) is 12.3 Å². The summed E-state index contributed by atoms with van der Waals surface area (Å²) < 4.78 is 7.32. The maximum atomic E-state index is 12.2. The molecular weight excluding hydrogens is 370 g/mol. The van der Waals surface area contributed by atoms with Crippen molar-refractivity contribution < 1.29 is 9.53 Å². The number of fused-ring (bicyclic) bond motifs is 1. The third-order valence-corrected chi connectivity index (χ3v) is 5.19. The molecule has 29 heavy (non-hydrogen) atoms. The average molecular weight is 395 g/mol. The molecule has 4 rings (SSSR count). The Morgan fingerprint density at radius 1 is 1.24 bits per heavy atom. The van der Waals surface area contributed by atoms with E-state index in [1.165, 1.54) is 0 Å². The fourth-order valence-corrected chi connectivity index (χ4v) is 3.96. The first-order valence-corrected chi connectivity index (χ1v) is 9.75. The molecule has 2 atom stereocenters. The molecule has 4 heterocycles. The molecular formula is C20H25N7O2. The fourth-order valence-electron chi connectivity index (χ4n) is 3.96. The van der Waals surface area contributed by atoms with Crippen LogP contribution in [0.4, 0.5) is 11.6 Å². The van der Waals surface area contributed by atoms with Crippen LogP contribution in [-0.2, 0) is 9.53 Å². The lowest BCUT2D eigenvalue weighted by Gasteiger charge is -2.30. The minimum absolute atomic E-state index is 0.103. The lowest BCUT2D eigenvalue weighted by molar-refractivity contribution is -0.146. The normalized spacial score (nSPS) is 19.4. The summed E-state index contributed by atoms with van der Waals surface area (Å²) >= 11 is 0. The number of imidazole rings is 1. The number of anilines is 2. The second-order valence-corrected chi connectivity index (χ2v) is 7.21. The second-order valence-electron chi connectivity index (χ2n) is 7.21. The van der Waals surface area contributed by atoms with Crippen molar-refractivity contribution in [2.24, 2.45) is 0 Å². The molecule has 3 aromatic rings. The van der Waals surface area contributed by atoms with Gasteiger partial charge in [-0.05, 0) is 57.5 Å². The molecule has 0 aromatic carbocycles. The Balaban J connectivity index is 1.72. The molecule has 2 unspecified atom stereocenters. The zero-order valence-corrected chi connectivity index (χ0v) is 16.6. The predicted molar refractivity (Wildman–Crippen MR) is 111 cm³/mol. The number of aromatic nitrogens is 4. The number of carbonyl (C=O) groups excluding carboxylic acids is 1. The Labute approximate surface area is 168 Å². The first kappa shape index (κ1) is 19.1. The maximum absolute atomic E-state index is 12.2. The molecule has 1 saturated heterocycles. The van der Waals surface area contributed by atoms with Gasteiger partial charge in [-0.25, -0.2) is 15.0 Å². The summed E-state index contributed by atoms with van der Waals surface area (Å²) in [5.41, 5.74) is 14.8. The minimum Gasteiger partial charge on any atom is -0.465 e. The van der Waals surface area contributed by atoms with E-state index in [2.05, 4.69) is 19.9 Å². The number of pyridine rings is 2. The van der Waals surface area contributed by atoms with Crippen molar-refractivity contribution >= 4 is 28.8 Å². The van der Waals surface area contributed by atoms with Crippen LogP contribution in [0.3, 0.4) is 0 Å². The molecule has 0 saturated carbocycles. The largest absolute Gasteiger partial charge is 0.465 e. The summed E-state index contributed by atoms with van der Waals surface area (Å²) in [5, 5.41) is 3.25. The Morgan fingerprint density at radius 2 is 2.00 bits per heavy atom. The van der Waals surface area contributed by atoms with Crippen LogP contribution >= 0.6 is 0 Å². The van der Waals surface area contributed by atoms with E-state index < -0.39 is 0 Å². The highest BCUT2D eigenvalue weighted by Gasteiger charge is 2.30. The van der Waals surface area contributed by atoms with Gasteiger partial charge in [0, 0.05) is 11.6 Å². The number of piperidine rings is 1. The van der Waals surface area contributed by atoms with Gasteiger partial charge in [0.2, 0.25) is 0 Å². The van der Waals surface area contributed by atoms with Gasteiger partial charge in [-0.15, -0.1) is 0 Å². The highest BCUT2D eigenvalue weighted by molar-refractivity contribution is 5.78. The average Bonchev–Trinajstić information content (AvgIpc) is 3.02. The van der Waals surface area contributed by atoms with Crippen LogP contribution in [0.15, 0.2) is 24.3 Å². The van der Waals surface area contributed by atoms with E-state index in [0.717, 1.165) is 41.2 Å². The Kier molecular flexibility index (Phi) is 5.06. The maximum Gasteiger partial charge on any atom is 0.323 e. The SMILES string of the molecule is CCOC(=O)C1CC(n2c(C)nc3ccc(-c4cc(N)nc(N)c4)nc32)CCN1. The molecule has 1 aliphatic rings. The van der Waals surface area contributed by atoms with E-state index >= 15 is 0 Å². The van der Waals surface area contributed by atoms with Gasteiger partial charge >= 0.3 is 5.97 Å². The van der Waals surface area contributed by atoms with Crippen molar-refractivity contribution in [1.29, 1.82) is 0 Å². The van der Waals surface area contributed by atoms with Gasteiger partial charge in [-0.1, -0.05) is 0 Å². The van der Waals surface area contributed by atoms with Crippen LogP contribution in [0.2, 0.25) is 0 Å². The van der Waals surface area contributed by atoms with Crippen molar-refractivity contribution in [3.8, 4) is 11.3 Å². The zero-order valence-electron chi connectivity index (χ0n) is 16.6. The number of hydrogen-bond donors (Lipinski definition) is 3. The summed E-state index contributed by atoms with van der Waals surface area (Å²) in [4.78, 5) is 25.7. The van der Waals surface area contributed by atoms with Gasteiger partial charge in [-0.2, -0.15) is 0 Å². The quantitative estimate of drug-likeness (QED) is 0.570. The van der Waals surface area contributed by atoms with Gasteiger partial charge < -0.3 is 26.1 Å². The number of nitrogen functional groups attached to an aromatic ring is 2. The molecule has 3 aromatic heterocycles. The number of aryl methyl sites for hydroxylation is 1. The number of ether oxygens (including phenoxy) is 1. The van der Waals surface area contributed by atoms with E-state index in [1.54, 1.807) is 12.1 Å². The van der Waals surface area contributed by atoms with E-state index in [0.29, 0.717) is 24.7 Å². The number of nitrogens with one attached hydrogen (secondary N) is 1. The van der Waals surface area contributed by atoms with Crippen molar-refractivity contribution in [2.45, 2.75) is 38.8 Å². The number of esters is 1.